The quantitative estimate of drug-likeness (QED) is 0.581. The minimum atomic E-state index is -0.327. The molecule has 0 spiro atoms. The number of hydrogen-bond donors (Lipinski definition) is 2. The summed E-state index contributed by atoms with van der Waals surface area (Å²) in [5, 5.41) is 17.5. The summed E-state index contributed by atoms with van der Waals surface area (Å²) in [5.41, 5.74) is 1.78. The van der Waals surface area contributed by atoms with E-state index in [1.54, 1.807) is 25.4 Å². The maximum atomic E-state index is 11.1. The highest BCUT2D eigenvalue weighted by atomic mass is 16.6. The molecule has 0 bridgehead atoms. The zero-order valence-corrected chi connectivity index (χ0v) is 15.1. The third kappa shape index (κ3) is 4.08. The fourth-order valence-corrected chi connectivity index (χ4v) is 3.34. The minimum Gasteiger partial charge on any atom is -0.373 e. The van der Waals surface area contributed by atoms with Crippen LogP contribution in [0.2, 0.25) is 0 Å². The van der Waals surface area contributed by atoms with Crippen LogP contribution in [0.15, 0.2) is 30.6 Å². The molecular weight excluding hydrogens is 332 g/mol. The van der Waals surface area contributed by atoms with E-state index in [4.69, 9.17) is 0 Å². The van der Waals surface area contributed by atoms with Gasteiger partial charge in [0.05, 0.1) is 4.92 Å². The summed E-state index contributed by atoms with van der Waals surface area (Å²) < 4.78 is 0. The van der Waals surface area contributed by atoms with Crippen molar-refractivity contribution < 1.29 is 4.92 Å². The van der Waals surface area contributed by atoms with Gasteiger partial charge < -0.3 is 15.5 Å². The average Bonchev–Trinajstić information content (AvgIpc) is 3.11. The summed E-state index contributed by atoms with van der Waals surface area (Å²) in [5.74, 6) is 1.74. The predicted molar refractivity (Wildman–Crippen MR) is 101 cm³/mol. The van der Waals surface area contributed by atoms with Crippen LogP contribution in [0.5, 0.6) is 0 Å². The van der Waals surface area contributed by atoms with Crippen LogP contribution in [0, 0.1) is 17.0 Å². The van der Waals surface area contributed by atoms with E-state index in [2.05, 4.69) is 25.5 Å². The van der Waals surface area contributed by atoms with Crippen molar-refractivity contribution in [2.45, 2.75) is 32.4 Å². The summed E-state index contributed by atoms with van der Waals surface area (Å²) in [4.78, 5) is 21.6. The van der Waals surface area contributed by atoms with Crippen molar-refractivity contribution in [1.29, 1.82) is 0 Å². The molecule has 1 unspecified atom stereocenters. The second-order valence-electron chi connectivity index (χ2n) is 6.51. The van der Waals surface area contributed by atoms with E-state index >= 15 is 0 Å². The normalized spacial score (nSPS) is 16.7. The van der Waals surface area contributed by atoms with Crippen molar-refractivity contribution in [3.05, 3.63) is 51.8 Å². The van der Waals surface area contributed by atoms with Gasteiger partial charge in [-0.25, -0.2) is 9.97 Å². The van der Waals surface area contributed by atoms with Gasteiger partial charge in [0, 0.05) is 50.4 Å². The first-order chi connectivity index (χ1) is 12.6. The van der Waals surface area contributed by atoms with Crippen LogP contribution in [0.3, 0.4) is 0 Å². The molecule has 1 aromatic heterocycles. The zero-order chi connectivity index (χ0) is 18.5. The molecule has 1 aliphatic rings. The Kier molecular flexibility index (Phi) is 5.62. The highest BCUT2D eigenvalue weighted by Crippen LogP contribution is 2.24. The van der Waals surface area contributed by atoms with Crippen molar-refractivity contribution in [3.63, 3.8) is 0 Å². The Labute approximate surface area is 152 Å². The summed E-state index contributed by atoms with van der Waals surface area (Å²) in [6.45, 7) is 4.15. The number of nitrogens with zero attached hydrogens (tertiary/aromatic N) is 4. The first-order valence-corrected chi connectivity index (χ1v) is 8.79. The van der Waals surface area contributed by atoms with Crippen LogP contribution in [-0.2, 0) is 6.54 Å². The number of aryl methyl sites for hydroxylation is 1. The highest BCUT2D eigenvalue weighted by Gasteiger charge is 2.25. The smallest absolute Gasteiger partial charge is 0.272 e. The van der Waals surface area contributed by atoms with Gasteiger partial charge in [-0.3, -0.25) is 10.1 Å². The molecule has 0 radical (unpaired) electrons. The van der Waals surface area contributed by atoms with E-state index in [1.807, 2.05) is 19.2 Å². The van der Waals surface area contributed by atoms with Gasteiger partial charge in [-0.1, -0.05) is 12.1 Å². The van der Waals surface area contributed by atoms with E-state index in [-0.39, 0.29) is 10.6 Å². The number of rotatable bonds is 7. The third-order valence-electron chi connectivity index (χ3n) is 4.76. The molecule has 1 aliphatic heterocycles. The molecule has 8 heteroatoms. The van der Waals surface area contributed by atoms with Crippen molar-refractivity contribution in [1.82, 2.24) is 15.3 Å². The molecule has 138 valence electrons. The lowest BCUT2D eigenvalue weighted by molar-refractivity contribution is -0.385. The SMILES string of the molecule is CNc1cc(N2CCCC2CNCc2ccc(C)c([N+](=O)[O-])c2)ncn1. The lowest BCUT2D eigenvalue weighted by Crippen LogP contribution is -2.38. The Morgan fingerprint density at radius 1 is 1.35 bits per heavy atom. The first-order valence-electron chi connectivity index (χ1n) is 8.79. The average molecular weight is 356 g/mol. The molecule has 0 amide bonds. The Morgan fingerprint density at radius 2 is 2.19 bits per heavy atom. The van der Waals surface area contributed by atoms with Gasteiger partial charge in [0.15, 0.2) is 0 Å². The number of nitro groups is 1. The molecule has 2 heterocycles. The van der Waals surface area contributed by atoms with Gasteiger partial charge in [0.1, 0.15) is 18.0 Å². The fraction of sp³-hybridized carbons (Fsp3) is 0.444. The number of aromatic nitrogens is 2. The van der Waals surface area contributed by atoms with Crippen molar-refractivity contribution in [3.8, 4) is 0 Å². The summed E-state index contributed by atoms with van der Waals surface area (Å²) in [6.07, 6.45) is 3.80. The molecular formula is C18H24N6O2. The van der Waals surface area contributed by atoms with E-state index in [0.717, 1.165) is 43.1 Å². The number of nitrogens with one attached hydrogen (secondary N) is 2. The lowest BCUT2D eigenvalue weighted by Gasteiger charge is -2.26. The minimum absolute atomic E-state index is 0.173. The van der Waals surface area contributed by atoms with Crippen LogP contribution in [0.25, 0.3) is 0 Å². The van der Waals surface area contributed by atoms with Gasteiger partial charge in [-0.05, 0) is 25.3 Å². The van der Waals surface area contributed by atoms with Gasteiger partial charge in [0.25, 0.3) is 5.69 Å². The second kappa shape index (κ2) is 8.09. The van der Waals surface area contributed by atoms with Gasteiger partial charge in [-0.2, -0.15) is 0 Å². The van der Waals surface area contributed by atoms with Gasteiger partial charge in [0.2, 0.25) is 0 Å². The third-order valence-corrected chi connectivity index (χ3v) is 4.76. The van der Waals surface area contributed by atoms with Gasteiger partial charge >= 0.3 is 0 Å². The fourth-order valence-electron chi connectivity index (χ4n) is 3.34. The van der Waals surface area contributed by atoms with E-state index in [1.165, 1.54) is 0 Å². The highest BCUT2D eigenvalue weighted by molar-refractivity contribution is 5.49. The van der Waals surface area contributed by atoms with Crippen LogP contribution in [-0.4, -0.2) is 41.1 Å². The molecule has 0 aliphatic carbocycles. The van der Waals surface area contributed by atoms with Crippen molar-refractivity contribution >= 4 is 17.3 Å². The topological polar surface area (TPSA) is 96.2 Å². The number of anilines is 2. The van der Waals surface area contributed by atoms with Gasteiger partial charge in [-0.15, -0.1) is 0 Å². The molecule has 26 heavy (non-hydrogen) atoms. The second-order valence-corrected chi connectivity index (χ2v) is 6.51. The Balaban J connectivity index is 1.60. The molecule has 1 fully saturated rings. The van der Waals surface area contributed by atoms with Crippen LogP contribution in [0.4, 0.5) is 17.3 Å². The van der Waals surface area contributed by atoms with E-state index in [0.29, 0.717) is 18.2 Å². The maximum absolute atomic E-state index is 11.1. The molecule has 8 nitrogen and oxygen atoms in total. The first kappa shape index (κ1) is 18.1. The molecule has 2 aromatic rings. The predicted octanol–water partition coefficient (Wildman–Crippen LogP) is 2.49. The zero-order valence-electron chi connectivity index (χ0n) is 15.1. The monoisotopic (exact) mass is 356 g/mol. The summed E-state index contributed by atoms with van der Waals surface area (Å²) >= 11 is 0. The molecule has 0 saturated carbocycles. The Bertz CT molecular complexity index is 782. The van der Waals surface area contributed by atoms with Crippen LogP contribution in [0.1, 0.15) is 24.0 Å². The Hall–Kier alpha value is -2.74. The lowest BCUT2D eigenvalue weighted by atomic mass is 10.1. The number of benzene rings is 1. The van der Waals surface area contributed by atoms with E-state index in [9.17, 15) is 10.1 Å². The molecule has 3 rings (SSSR count). The van der Waals surface area contributed by atoms with E-state index < -0.39 is 0 Å². The van der Waals surface area contributed by atoms with Crippen LogP contribution < -0.4 is 15.5 Å². The number of hydrogen-bond acceptors (Lipinski definition) is 7. The van der Waals surface area contributed by atoms with Crippen molar-refractivity contribution in [2.24, 2.45) is 0 Å². The number of nitro benzene ring substituents is 1. The standard InChI is InChI=1S/C18H24N6O2/c1-13-5-6-14(8-16(13)24(25)26)10-20-11-15-4-3-7-23(15)18-9-17(19-2)21-12-22-18/h5-6,8-9,12,15,20H,3-4,7,10-11H2,1-2H3,(H,19,21,22). The Morgan fingerprint density at radius 3 is 2.96 bits per heavy atom. The maximum Gasteiger partial charge on any atom is 0.272 e. The molecule has 1 saturated heterocycles. The summed E-state index contributed by atoms with van der Waals surface area (Å²) in [7, 11) is 1.84. The molecule has 2 N–H and O–H groups in total. The van der Waals surface area contributed by atoms with Crippen LogP contribution >= 0.6 is 0 Å². The largest absolute Gasteiger partial charge is 0.373 e. The van der Waals surface area contributed by atoms with Crippen molar-refractivity contribution in [2.75, 3.05) is 30.4 Å². The summed E-state index contributed by atoms with van der Waals surface area (Å²) in [6, 6.07) is 7.71. The molecule has 1 atom stereocenters. The molecule has 1 aromatic carbocycles.